The Morgan fingerprint density at radius 1 is 1.37 bits per heavy atom. The first-order valence-corrected chi connectivity index (χ1v) is 5.70. The second kappa shape index (κ2) is 6.30. The molecule has 0 fully saturated rings. The Bertz CT molecular complexity index is 520. The van der Waals surface area contributed by atoms with Crippen LogP contribution in [0.4, 0.5) is 8.78 Å². The molecular formula is C11H13F2N5O. The molecule has 1 heterocycles. The number of aromatic nitrogens is 4. The highest BCUT2D eigenvalue weighted by Gasteiger charge is 2.15. The summed E-state index contributed by atoms with van der Waals surface area (Å²) in [6.45, 7) is 0.530. The summed E-state index contributed by atoms with van der Waals surface area (Å²) in [6.07, 6.45) is 1.44. The van der Waals surface area contributed by atoms with Crippen LogP contribution >= 0.6 is 0 Å². The molecule has 0 radical (unpaired) electrons. The van der Waals surface area contributed by atoms with Crippen LogP contribution in [0.3, 0.4) is 0 Å². The number of benzene rings is 1. The third-order valence-electron chi connectivity index (χ3n) is 2.64. The molecule has 0 amide bonds. The van der Waals surface area contributed by atoms with Crippen LogP contribution in [-0.2, 0) is 6.54 Å². The highest BCUT2D eigenvalue weighted by atomic mass is 19.1. The van der Waals surface area contributed by atoms with Crippen molar-refractivity contribution in [1.82, 2.24) is 25.5 Å². The molecule has 0 spiro atoms. The first-order chi connectivity index (χ1) is 9.20. The van der Waals surface area contributed by atoms with E-state index in [2.05, 4.69) is 20.8 Å². The summed E-state index contributed by atoms with van der Waals surface area (Å²) >= 11 is 0. The fourth-order valence-electron chi connectivity index (χ4n) is 1.69. The molecule has 102 valence electrons. The van der Waals surface area contributed by atoms with E-state index >= 15 is 0 Å². The number of aliphatic hydroxyl groups is 1. The Morgan fingerprint density at radius 2 is 2.21 bits per heavy atom. The normalized spacial score (nSPS) is 12.6. The summed E-state index contributed by atoms with van der Waals surface area (Å²) in [5.74, 6) is -1.10. The second-order valence-electron chi connectivity index (χ2n) is 3.93. The molecule has 1 atom stereocenters. The third kappa shape index (κ3) is 3.52. The Morgan fingerprint density at radius 3 is 2.89 bits per heavy atom. The lowest BCUT2D eigenvalue weighted by molar-refractivity contribution is 0.239. The molecule has 0 aliphatic carbocycles. The molecule has 0 bridgehead atoms. The quantitative estimate of drug-likeness (QED) is 0.787. The minimum Gasteiger partial charge on any atom is -0.394 e. The number of tetrazole rings is 1. The summed E-state index contributed by atoms with van der Waals surface area (Å²) in [5.41, 5.74) is 0.0965. The molecule has 2 N–H and O–H groups in total. The largest absolute Gasteiger partial charge is 0.394 e. The minimum atomic E-state index is -0.674. The second-order valence-corrected chi connectivity index (χ2v) is 3.93. The van der Waals surface area contributed by atoms with Crippen molar-refractivity contribution < 1.29 is 13.9 Å². The number of halogens is 2. The first kappa shape index (κ1) is 13.5. The maximum absolute atomic E-state index is 13.6. The molecule has 1 unspecified atom stereocenters. The van der Waals surface area contributed by atoms with Gasteiger partial charge < -0.3 is 10.4 Å². The molecule has 6 nitrogen and oxygen atoms in total. The van der Waals surface area contributed by atoms with E-state index in [9.17, 15) is 13.9 Å². The van der Waals surface area contributed by atoms with Crippen molar-refractivity contribution in [2.24, 2.45) is 0 Å². The van der Waals surface area contributed by atoms with Crippen molar-refractivity contribution in [3.63, 3.8) is 0 Å². The van der Waals surface area contributed by atoms with Gasteiger partial charge in [-0.1, -0.05) is 0 Å². The van der Waals surface area contributed by atoms with Crippen molar-refractivity contribution in [3.8, 4) is 0 Å². The van der Waals surface area contributed by atoms with Gasteiger partial charge in [-0.05, 0) is 28.6 Å². The molecular weight excluding hydrogens is 256 g/mol. The van der Waals surface area contributed by atoms with Crippen molar-refractivity contribution in [2.45, 2.75) is 12.6 Å². The lowest BCUT2D eigenvalue weighted by Gasteiger charge is -2.17. The van der Waals surface area contributed by atoms with Gasteiger partial charge >= 0.3 is 0 Å². The van der Waals surface area contributed by atoms with E-state index in [-0.39, 0.29) is 12.2 Å². The first-order valence-electron chi connectivity index (χ1n) is 5.70. The summed E-state index contributed by atoms with van der Waals surface area (Å²) in [5, 5.41) is 22.8. The minimum absolute atomic E-state index is 0.0965. The summed E-state index contributed by atoms with van der Waals surface area (Å²) in [6, 6.07) is 2.47. The van der Waals surface area contributed by atoms with Gasteiger partial charge in [0.25, 0.3) is 0 Å². The fourth-order valence-corrected chi connectivity index (χ4v) is 1.69. The number of hydrogen-bond donors (Lipinski definition) is 2. The van der Waals surface area contributed by atoms with E-state index in [4.69, 9.17) is 0 Å². The summed E-state index contributed by atoms with van der Waals surface area (Å²) in [4.78, 5) is 0. The Labute approximate surface area is 108 Å². The third-order valence-corrected chi connectivity index (χ3v) is 2.64. The van der Waals surface area contributed by atoms with Gasteiger partial charge in [0.1, 0.15) is 18.0 Å². The van der Waals surface area contributed by atoms with E-state index < -0.39 is 17.7 Å². The predicted molar refractivity (Wildman–Crippen MR) is 62.0 cm³/mol. The van der Waals surface area contributed by atoms with E-state index in [1.54, 1.807) is 0 Å². The average molecular weight is 269 g/mol. The molecule has 0 saturated carbocycles. The highest BCUT2D eigenvalue weighted by Crippen LogP contribution is 2.17. The van der Waals surface area contributed by atoms with Crippen molar-refractivity contribution in [2.75, 3.05) is 13.2 Å². The standard InChI is InChI=1S/C11H13F2N5O/c12-8-1-2-10(13)9(5-8)11(6-19)14-3-4-18-7-15-16-17-18/h1-2,5,7,11,14,19H,3-4,6H2. The number of aliphatic hydroxyl groups excluding tert-OH is 1. The Kier molecular flexibility index (Phi) is 4.48. The van der Waals surface area contributed by atoms with Gasteiger partial charge in [-0.2, -0.15) is 0 Å². The molecule has 0 aliphatic rings. The SMILES string of the molecule is OCC(NCCn1cnnn1)c1cc(F)ccc1F. The van der Waals surface area contributed by atoms with Gasteiger partial charge in [0.2, 0.25) is 0 Å². The van der Waals surface area contributed by atoms with Gasteiger partial charge in [-0.3, -0.25) is 0 Å². The zero-order chi connectivity index (χ0) is 13.7. The summed E-state index contributed by atoms with van der Waals surface area (Å²) in [7, 11) is 0. The van der Waals surface area contributed by atoms with Crippen LogP contribution < -0.4 is 5.32 Å². The predicted octanol–water partition coefficient (Wildman–Crippen LogP) is 0.274. The number of nitrogens with zero attached hydrogens (tertiary/aromatic N) is 4. The van der Waals surface area contributed by atoms with Gasteiger partial charge in [0.15, 0.2) is 0 Å². The van der Waals surface area contributed by atoms with Crippen LogP contribution in [0.1, 0.15) is 11.6 Å². The molecule has 2 rings (SSSR count). The number of hydrogen-bond acceptors (Lipinski definition) is 5. The molecule has 1 aromatic heterocycles. The highest BCUT2D eigenvalue weighted by molar-refractivity contribution is 5.22. The van der Waals surface area contributed by atoms with Gasteiger partial charge in [-0.25, -0.2) is 13.5 Å². The van der Waals surface area contributed by atoms with Crippen molar-refractivity contribution in [1.29, 1.82) is 0 Å². The number of nitrogens with one attached hydrogen (secondary N) is 1. The van der Waals surface area contributed by atoms with Crippen LogP contribution in [0.5, 0.6) is 0 Å². The molecule has 0 aliphatic heterocycles. The van der Waals surface area contributed by atoms with E-state index in [1.165, 1.54) is 11.0 Å². The molecule has 8 heteroatoms. The van der Waals surface area contributed by atoms with E-state index in [1.807, 2.05) is 0 Å². The summed E-state index contributed by atoms with van der Waals surface area (Å²) < 4.78 is 28.1. The zero-order valence-electron chi connectivity index (χ0n) is 10.0. The monoisotopic (exact) mass is 269 g/mol. The zero-order valence-corrected chi connectivity index (χ0v) is 10.0. The molecule has 0 saturated heterocycles. The fraction of sp³-hybridized carbons (Fsp3) is 0.364. The molecule has 2 aromatic rings. The van der Waals surface area contributed by atoms with Crippen LogP contribution in [0.15, 0.2) is 24.5 Å². The van der Waals surface area contributed by atoms with Crippen LogP contribution in [0, 0.1) is 11.6 Å². The maximum atomic E-state index is 13.6. The Balaban J connectivity index is 1.97. The lowest BCUT2D eigenvalue weighted by atomic mass is 10.1. The van der Waals surface area contributed by atoms with Crippen LogP contribution in [-0.4, -0.2) is 38.5 Å². The van der Waals surface area contributed by atoms with E-state index in [0.717, 1.165) is 18.2 Å². The molecule has 1 aromatic carbocycles. The van der Waals surface area contributed by atoms with Gasteiger partial charge in [0, 0.05) is 12.1 Å². The van der Waals surface area contributed by atoms with Gasteiger partial charge in [0.05, 0.1) is 19.2 Å². The molecule has 19 heavy (non-hydrogen) atoms. The van der Waals surface area contributed by atoms with Crippen molar-refractivity contribution >= 4 is 0 Å². The average Bonchev–Trinajstić information content (AvgIpc) is 2.91. The smallest absolute Gasteiger partial charge is 0.138 e. The lowest BCUT2D eigenvalue weighted by Crippen LogP contribution is -2.28. The maximum Gasteiger partial charge on any atom is 0.138 e. The topological polar surface area (TPSA) is 75.9 Å². The van der Waals surface area contributed by atoms with Crippen LogP contribution in [0.2, 0.25) is 0 Å². The van der Waals surface area contributed by atoms with Crippen LogP contribution in [0.25, 0.3) is 0 Å². The van der Waals surface area contributed by atoms with E-state index in [0.29, 0.717) is 13.1 Å². The van der Waals surface area contributed by atoms with Crippen molar-refractivity contribution in [3.05, 3.63) is 41.7 Å². The van der Waals surface area contributed by atoms with Gasteiger partial charge in [-0.15, -0.1) is 5.10 Å². The Hall–Kier alpha value is -1.93. The number of rotatable bonds is 6.